The third kappa shape index (κ3) is 3.09. The maximum absolute atomic E-state index is 9.67. The number of β-amino-alcohol motifs (C(OH)–C–C–N with tert-alkyl or cyclic N) is 1. The third-order valence-corrected chi connectivity index (χ3v) is 5.04. The topological polar surface area (TPSA) is 49.5 Å². The van der Waals surface area contributed by atoms with Crippen molar-refractivity contribution >= 4 is 27.3 Å². The van der Waals surface area contributed by atoms with E-state index in [2.05, 4.69) is 39.9 Å². The van der Waals surface area contributed by atoms with Gasteiger partial charge in [-0.2, -0.15) is 0 Å². The van der Waals surface area contributed by atoms with Crippen LogP contribution in [-0.2, 0) is 0 Å². The van der Waals surface area contributed by atoms with E-state index in [1.54, 1.807) is 11.3 Å². The smallest absolute Gasteiger partial charge is 0.0702 e. The molecule has 17 heavy (non-hydrogen) atoms. The largest absolute Gasteiger partial charge is 0.392 e. The highest BCUT2D eigenvalue weighted by Gasteiger charge is 2.32. The van der Waals surface area contributed by atoms with Crippen LogP contribution in [0.2, 0.25) is 0 Å². The van der Waals surface area contributed by atoms with E-state index >= 15 is 0 Å². The molecule has 0 bridgehead atoms. The van der Waals surface area contributed by atoms with Crippen LogP contribution in [0.3, 0.4) is 0 Å². The van der Waals surface area contributed by atoms with Crippen LogP contribution >= 0.6 is 27.3 Å². The van der Waals surface area contributed by atoms with Gasteiger partial charge in [0.1, 0.15) is 0 Å². The van der Waals surface area contributed by atoms with E-state index in [1.165, 1.54) is 4.88 Å². The number of rotatable bonds is 4. The molecular weight excluding hydrogens is 300 g/mol. The van der Waals surface area contributed by atoms with E-state index in [0.717, 1.165) is 29.7 Å². The number of nitrogens with two attached hydrogens (primary N) is 1. The number of aliphatic hydroxyl groups is 1. The predicted molar refractivity (Wildman–Crippen MR) is 75.2 cm³/mol. The van der Waals surface area contributed by atoms with Crippen LogP contribution in [-0.4, -0.2) is 35.2 Å². The third-order valence-electron chi connectivity index (χ3n) is 3.35. The Morgan fingerprint density at radius 3 is 2.88 bits per heavy atom. The molecule has 3 unspecified atom stereocenters. The minimum absolute atomic E-state index is 0.130. The maximum Gasteiger partial charge on any atom is 0.0702 e. The highest BCUT2D eigenvalue weighted by molar-refractivity contribution is 9.11. The van der Waals surface area contributed by atoms with Gasteiger partial charge in [0.2, 0.25) is 0 Å². The Balaban J connectivity index is 2.19. The summed E-state index contributed by atoms with van der Waals surface area (Å²) in [6.07, 6.45) is 1.62. The molecule has 0 aliphatic carbocycles. The molecule has 1 aliphatic heterocycles. The van der Waals surface area contributed by atoms with Gasteiger partial charge in [0.25, 0.3) is 0 Å². The highest BCUT2D eigenvalue weighted by atomic mass is 79.9. The Morgan fingerprint density at radius 1 is 1.65 bits per heavy atom. The van der Waals surface area contributed by atoms with Gasteiger partial charge in [-0.1, -0.05) is 6.92 Å². The first-order valence-corrected chi connectivity index (χ1v) is 7.65. The van der Waals surface area contributed by atoms with Crippen molar-refractivity contribution in [1.82, 2.24) is 4.90 Å². The zero-order chi connectivity index (χ0) is 12.4. The average Bonchev–Trinajstić information content (AvgIpc) is 2.89. The summed E-state index contributed by atoms with van der Waals surface area (Å²) in [5.74, 6) is 0. The van der Waals surface area contributed by atoms with Crippen molar-refractivity contribution in [2.24, 2.45) is 5.73 Å². The van der Waals surface area contributed by atoms with Gasteiger partial charge in [0.15, 0.2) is 0 Å². The molecule has 0 radical (unpaired) electrons. The number of thiophene rings is 1. The second kappa shape index (κ2) is 5.80. The van der Waals surface area contributed by atoms with Crippen molar-refractivity contribution in [3.63, 3.8) is 0 Å². The molecular formula is C12H19BrN2OS. The minimum atomic E-state index is -0.190. The molecule has 0 aromatic carbocycles. The number of aliphatic hydroxyl groups excluding tert-OH is 1. The lowest BCUT2D eigenvalue weighted by Crippen LogP contribution is -2.39. The van der Waals surface area contributed by atoms with Gasteiger partial charge in [-0.3, -0.25) is 4.90 Å². The van der Waals surface area contributed by atoms with Gasteiger partial charge in [-0.15, -0.1) is 11.3 Å². The van der Waals surface area contributed by atoms with Crippen molar-refractivity contribution in [3.8, 4) is 0 Å². The summed E-state index contributed by atoms with van der Waals surface area (Å²) in [5, 5.41) is 9.67. The monoisotopic (exact) mass is 318 g/mol. The summed E-state index contributed by atoms with van der Waals surface area (Å²) < 4.78 is 1.14. The Kier molecular flexibility index (Phi) is 4.60. The molecule has 96 valence electrons. The Labute approximate surface area is 115 Å². The molecule has 1 aliphatic rings. The van der Waals surface area contributed by atoms with Crippen molar-refractivity contribution in [2.75, 3.05) is 13.1 Å². The fourth-order valence-electron chi connectivity index (χ4n) is 2.39. The lowest BCUT2D eigenvalue weighted by atomic mass is 10.0. The summed E-state index contributed by atoms with van der Waals surface area (Å²) in [7, 11) is 0. The summed E-state index contributed by atoms with van der Waals surface area (Å²) in [5.41, 5.74) is 6.25. The molecule has 0 spiro atoms. The Bertz CT molecular complexity index is 371. The van der Waals surface area contributed by atoms with Crippen molar-refractivity contribution in [1.29, 1.82) is 0 Å². The number of nitrogens with zero attached hydrogens (tertiary/aromatic N) is 1. The van der Waals surface area contributed by atoms with Crippen LogP contribution in [0.1, 0.15) is 30.7 Å². The van der Waals surface area contributed by atoms with Gasteiger partial charge >= 0.3 is 0 Å². The van der Waals surface area contributed by atoms with E-state index in [4.69, 9.17) is 5.73 Å². The molecule has 2 rings (SSSR count). The van der Waals surface area contributed by atoms with Crippen molar-refractivity contribution < 1.29 is 5.11 Å². The molecule has 0 amide bonds. The normalized spacial score (nSPS) is 25.1. The van der Waals surface area contributed by atoms with E-state index in [1.807, 2.05) is 0 Å². The first kappa shape index (κ1) is 13.5. The van der Waals surface area contributed by atoms with Gasteiger partial charge < -0.3 is 10.8 Å². The Hall–Kier alpha value is 0.0600. The SMILES string of the molecule is CCC(N)C(c1ccc(Br)s1)N1CCC(O)C1. The fraction of sp³-hybridized carbons (Fsp3) is 0.667. The number of likely N-dealkylation sites (tertiary alicyclic amines) is 1. The van der Waals surface area contributed by atoms with E-state index in [-0.39, 0.29) is 18.2 Å². The molecule has 1 aromatic heterocycles. The fourth-order valence-corrected chi connectivity index (χ4v) is 4.03. The van der Waals surface area contributed by atoms with Crippen LogP contribution in [0.15, 0.2) is 15.9 Å². The van der Waals surface area contributed by atoms with Gasteiger partial charge in [0.05, 0.1) is 15.9 Å². The molecule has 0 saturated carbocycles. The standard InChI is InChI=1S/C12H19BrN2OS/c1-2-9(14)12(10-3-4-11(13)17-10)15-6-5-8(16)7-15/h3-4,8-9,12,16H,2,5-7,14H2,1H3. The molecule has 3 N–H and O–H groups in total. The summed E-state index contributed by atoms with van der Waals surface area (Å²) >= 11 is 5.24. The van der Waals surface area contributed by atoms with Crippen molar-refractivity contribution in [2.45, 2.75) is 38.0 Å². The lowest BCUT2D eigenvalue weighted by Gasteiger charge is -2.31. The summed E-state index contributed by atoms with van der Waals surface area (Å²) in [6.45, 7) is 3.80. The second-order valence-corrected chi connectivity index (χ2v) is 7.09. The zero-order valence-corrected chi connectivity index (χ0v) is 12.4. The first-order chi connectivity index (χ1) is 8.11. The van der Waals surface area contributed by atoms with Gasteiger partial charge in [0, 0.05) is 24.0 Å². The Morgan fingerprint density at radius 2 is 2.41 bits per heavy atom. The minimum Gasteiger partial charge on any atom is -0.392 e. The maximum atomic E-state index is 9.67. The average molecular weight is 319 g/mol. The number of hydrogen-bond donors (Lipinski definition) is 2. The number of hydrogen-bond acceptors (Lipinski definition) is 4. The zero-order valence-electron chi connectivity index (χ0n) is 9.97. The molecule has 5 heteroatoms. The molecule has 1 saturated heterocycles. The van der Waals surface area contributed by atoms with Crippen LogP contribution in [0.5, 0.6) is 0 Å². The van der Waals surface area contributed by atoms with E-state index < -0.39 is 0 Å². The second-order valence-electron chi connectivity index (χ2n) is 4.60. The van der Waals surface area contributed by atoms with Gasteiger partial charge in [-0.05, 0) is 40.9 Å². The highest BCUT2D eigenvalue weighted by Crippen LogP contribution is 2.34. The summed E-state index contributed by atoms with van der Waals surface area (Å²) in [4.78, 5) is 3.61. The molecule has 1 aromatic rings. The molecule has 1 fully saturated rings. The van der Waals surface area contributed by atoms with E-state index in [9.17, 15) is 5.11 Å². The predicted octanol–water partition coefficient (Wildman–Crippen LogP) is 2.36. The van der Waals surface area contributed by atoms with Gasteiger partial charge in [-0.25, -0.2) is 0 Å². The quantitative estimate of drug-likeness (QED) is 0.896. The van der Waals surface area contributed by atoms with Crippen LogP contribution in [0.25, 0.3) is 0 Å². The first-order valence-electron chi connectivity index (χ1n) is 6.04. The van der Waals surface area contributed by atoms with Crippen LogP contribution in [0, 0.1) is 0 Å². The molecule has 2 heterocycles. The number of halogens is 1. The summed E-state index contributed by atoms with van der Waals surface area (Å²) in [6, 6.07) is 4.58. The molecule has 3 atom stereocenters. The van der Waals surface area contributed by atoms with E-state index in [0.29, 0.717) is 0 Å². The lowest BCUT2D eigenvalue weighted by molar-refractivity contribution is 0.149. The molecule has 3 nitrogen and oxygen atoms in total. The van der Waals surface area contributed by atoms with Crippen molar-refractivity contribution in [3.05, 3.63) is 20.8 Å². The van der Waals surface area contributed by atoms with Crippen LogP contribution in [0.4, 0.5) is 0 Å². The van der Waals surface area contributed by atoms with Crippen LogP contribution < -0.4 is 5.73 Å².